The maximum atomic E-state index is 12.1. The Balaban J connectivity index is 2.84. The zero-order valence-corrected chi connectivity index (χ0v) is 14.6. The number of hydrogen-bond donors (Lipinski definition) is 2. The van der Waals surface area contributed by atoms with Crippen LogP contribution < -0.4 is 5.73 Å². The first kappa shape index (κ1) is 17.1. The summed E-state index contributed by atoms with van der Waals surface area (Å²) in [5, 5.41) is 9.82. The van der Waals surface area contributed by atoms with Crippen LogP contribution >= 0.6 is 0 Å². The number of amides is 1. The van der Waals surface area contributed by atoms with Gasteiger partial charge in [-0.25, -0.2) is 0 Å². The van der Waals surface area contributed by atoms with Gasteiger partial charge in [0.05, 0.1) is 5.56 Å². The van der Waals surface area contributed by atoms with E-state index in [0.717, 1.165) is 28.9 Å². The smallest absolute Gasteiger partial charge is 0.251 e. The molecule has 1 aromatic carbocycles. The Morgan fingerprint density at radius 2 is 1.96 bits per heavy atom. The molecule has 4 nitrogen and oxygen atoms in total. The molecule has 4 heteroatoms. The van der Waals surface area contributed by atoms with Gasteiger partial charge in [-0.3, -0.25) is 4.79 Å². The first-order valence-electron chi connectivity index (χ1n) is 8.12. The highest BCUT2D eigenvalue weighted by atomic mass is 16.3. The molecule has 0 aliphatic heterocycles. The van der Waals surface area contributed by atoms with Crippen molar-refractivity contribution >= 4 is 5.91 Å². The van der Waals surface area contributed by atoms with Gasteiger partial charge in [-0.05, 0) is 43.9 Å². The van der Waals surface area contributed by atoms with Gasteiger partial charge in [0.2, 0.25) is 0 Å². The SMILES string of the molecule is CCc1c(-c2cccc(O)c2)c(C(N)=O)c(C)n1C(C)C(C)C. The second-order valence-corrected chi connectivity index (χ2v) is 6.40. The van der Waals surface area contributed by atoms with Gasteiger partial charge < -0.3 is 15.4 Å². The number of phenolic OH excluding ortho intramolecular Hbond substituents is 1. The predicted molar refractivity (Wildman–Crippen MR) is 93.7 cm³/mol. The van der Waals surface area contributed by atoms with Crippen molar-refractivity contribution in [3.05, 3.63) is 41.2 Å². The molecule has 3 N–H and O–H groups in total. The Kier molecular flexibility index (Phi) is 4.83. The Labute approximate surface area is 137 Å². The van der Waals surface area contributed by atoms with Gasteiger partial charge in [0.15, 0.2) is 0 Å². The van der Waals surface area contributed by atoms with Gasteiger partial charge in [0.1, 0.15) is 5.75 Å². The van der Waals surface area contributed by atoms with Crippen LogP contribution in [0.15, 0.2) is 24.3 Å². The molecule has 23 heavy (non-hydrogen) atoms. The number of benzene rings is 1. The zero-order chi connectivity index (χ0) is 17.3. The van der Waals surface area contributed by atoms with E-state index in [1.807, 2.05) is 13.0 Å². The lowest BCUT2D eigenvalue weighted by molar-refractivity contribution is 0.1000. The number of carbonyl (C=O) groups is 1. The van der Waals surface area contributed by atoms with Gasteiger partial charge >= 0.3 is 0 Å². The van der Waals surface area contributed by atoms with E-state index >= 15 is 0 Å². The monoisotopic (exact) mass is 314 g/mol. The van der Waals surface area contributed by atoms with Crippen LogP contribution in [0.3, 0.4) is 0 Å². The molecule has 0 aliphatic carbocycles. The minimum atomic E-state index is -0.426. The van der Waals surface area contributed by atoms with E-state index in [0.29, 0.717) is 11.5 Å². The number of aromatic hydroxyl groups is 1. The highest BCUT2D eigenvalue weighted by Crippen LogP contribution is 2.37. The Hall–Kier alpha value is -2.23. The largest absolute Gasteiger partial charge is 0.508 e. The van der Waals surface area contributed by atoms with E-state index < -0.39 is 5.91 Å². The summed E-state index contributed by atoms with van der Waals surface area (Å²) in [5.74, 6) is 0.191. The molecule has 0 saturated heterocycles. The number of carbonyl (C=O) groups excluding carboxylic acids is 1. The van der Waals surface area contributed by atoms with Gasteiger partial charge in [-0.2, -0.15) is 0 Å². The average Bonchev–Trinajstić information content (AvgIpc) is 2.78. The van der Waals surface area contributed by atoms with Crippen molar-refractivity contribution < 1.29 is 9.90 Å². The number of primary amides is 1. The lowest BCUT2D eigenvalue weighted by atomic mass is 9.98. The van der Waals surface area contributed by atoms with Crippen molar-refractivity contribution in [3.63, 3.8) is 0 Å². The van der Waals surface area contributed by atoms with Crippen molar-refractivity contribution in [1.82, 2.24) is 4.57 Å². The number of hydrogen-bond acceptors (Lipinski definition) is 2. The standard InChI is InChI=1S/C19H26N2O2/c1-6-16-18(14-8-7-9-15(22)10-14)17(19(20)23)13(5)21(16)12(4)11(2)3/h7-12,22H,6H2,1-5H3,(H2,20,23). The quantitative estimate of drug-likeness (QED) is 0.874. The first-order valence-corrected chi connectivity index (χ1v) is 8.12. The molecule has 0 aliphatic rings. The lowest BCUT2D eigenvalue weighted by Gasteiger charge is -2.23. The van der Waals surface area contributed by atoms with Crippen LogP contribution in [-0.4, -0.2) is 15.6 Å². The highest BCUT2D eigenvalue weighted by Gasteiger charge is 2.27. The lowest BCUT2D eigenvalue weighted by Crippen LogP contribution is -2.17. The van der Waals surface area contributed by atoms with Crippen LogP contribution in [0.1, 0.15) is 55.5 Å². The molecule has 1 amide bonds. The minimum absolute atomic E-state index is 0.183. The maximum Gasteiger partial charge on any atom is 0.251 e. The number of nitrogens with two attached hydrogens (primary N) is 1. The molecule has 2 rings (SSSR count). The molecule has 0 spiro atoms. The fourth-order valence-corrected chi connectivity index (χ4v) is 3.24. The van der Waals surface area contributed by atoms with Crippen molar-refractivity contribution in [2.24, 2.45) is 11.7 Å². The molecular weight excluding hydrogens is 288 g/mol. The minimum Gasteiger partial charge on any atom is -0.508 e. The summed E-state index contributed by atoms with van der Waals surface area (Å²) in [6.45, 7) is 10.5. The van der Waals surface area contributed by atoms with Crippen LogP contribution in [0.2, 0.25) is 0 Å². The Bertz CT molecular complexity index is 729. The summed E-state index contributed by atoms with van der Waals surface area (Å²) in [6.07, 6.45) is 0.788. The summed E-state index contributed by atoms with van der Waals surface area (Å²) in [6, 6.07) is 7.26. The van der Waals surface area contributed by atoms with Crippen molar-refractivity contribution in [2.45, 2.75) is 47.1 Å². The van der Waals surface area contributed by atoms with Crippen LogP contribution in [0.5, 0.6) is 5.75 Å². The molecule has 0 bridgehead atoms. The number of nitrogens with zero attached hydrogens (tertiary/aromatic N) is 1. The second kappa shape index (κ2) is 6.49. The summed E-state index contributed by atoms with van der Waals surface area (Å²) in [4.78, 5) is 12.1. The van der Waals surface area contributed by atoms with Crippen molar-refractivity contribution in [1.29, 1.82) is 0 Å². The molecule has 1 aromatic heterocycles. The highest BCUT2D eigenvalue weighted by molar-refractivity contribution is 6.02. The molecule has 0 saturated carbocycles. The van der Waals surface area contributed by atoms with Gasteiger partial charge in [0.25, 0.3) is 5.91 Å². The topological polar surface area (TPSA) is 68.2 Å². The second-order valence-electron chi connectivity index (χ2n) is 6.40. The van der Waals surface area contributed by atoms with Gasteiger partial charge in [0, 0.05) is 23.0 Å². The van der Waals surface area contributed by atoms with Gasteiger partial charge in [-0.1, -0.05) is 32.9 Å². The molecule has 1 heterocycles. The molecule has 2 aromatic rings. The molecule has 124 valence electrons. The summed E-state index contributed by atoms with van der Waals surface area (Å²) < 4.78 is 2.23. The molecule has 1 atom stereocenters. The third kappa shape index (κ3) is 2.98. The normalized spacial score (nSPS) is 12.6. The van der Waals surface area contributed by atoms with E-state index in [1.54, 1.807) is 18.2 Å². The van der Waals surface area contributed by atoms with E-state index in [1.165, 1.54) is 0 Å². The van der Waals surface area contributed by atoms with E-state index in [2.05, 4.69) is 32.3 Å². The summed E-state index contributed by atoms with van der Waals surface area (Å²) in [5.41, 5.74) is 9.90. The van der Waals surface area contributed by atoms with E-state index in [-0.39, 0.29) is 11.8 Å². The Morgan fingerprint density at radius 1 is 1.30 bits per heavy atom. The maximum absolute atomic E-state index is 12.1. The fraction of sp³-hybridized carbons (Fsp3) is 0.421. The Morgan fingerprint density at radius 3 is 2.43 bits per heavy atom. The van der Waals surface area contributed by atoms with E-state index in [9.17, 15) is 9.90 Å². The number of rotatable bonds is 5. The first-order chi connectivity index (χ1) is 10.8. The van der Waals surface area contributed by atoms with E-state index in [4.69, 9.17) is 5.73 Å². The molecule has 0 radical (unpaired) electrons. The van der Waals surface area contributed by atoms with Crippen molar-refractivity contribution in [2.75, 3.05) is 0 Å². The van der Waals surface area contributed by atoms with Crippen LogP contribution in [-0.2, 0) is 6.42 Å². The van der Waals surface area contributed by atoms with Crippen molar-refractivity contribution in [3.8, 4) is 16.9 Å². The predicted octanol–water partition coefficient (Wildman–Crippen LogP) is 4.05. The number of phenols is 1. The van der Waals surface area contributed by atoms with Crippen LogP contribution in [0.25, 0.3) is 11.1 Å². The van der Waals surface area contributed by atoms with Gasteiger partial charge in [-0.15, -0.1) is 0 Å². The number of aromatic nitrogens is 1. The van der Waals surface area contributed by atoms with Crippen LogP contribution in [0, 0.1) is 12.8 Å². The zero-order valence-electron chi connectivity index (χ0n) is 14.6. The molecular formula is C19H26N2O2. The summed E-state index contributed by atoms with van der Waals surface area (Å²) >= 11 is 0. The molecule has 1 unspecified atom stereocenters. The van der Waals surface area contributed by atoms with Crippen LogP contribution in [0.4, 0.5) is 0 Å². The third-order valence-corrected chi connectivity index (χ3v) is 4.64. The summed E-state index contributed by atoms with van der Waals surface area (Å²) in [7, 11) is 0. The third-order valence-electron chi connectivity index (χ3n) is 4.64. The fourth-order valence-electron chi connectivity index (χ4n) is 3.24. The average molecular weight is 314 g/mol. The molecule has 0 fully saturated rings.